The van der Waals surface area contributed by atoms with Crippen LogP contribution in [-0.4, -0.2) is 25.6 Å². The molecule has 3 nitrogen and oxygen atoms in total. The van der Waals surface area contributed by atoms with Gasteiger partial charge in [-0.3, -0.25) is 0 Å². The van der Waals surface area contributed by atoms with Crippen LogP contribution in [0.5, 0.6) is 0 Å². The SMILES string of the molecule is CN/C(=C\C#N)NCCSC. The lowest BCUT2D eigenvalue weighted by Crippen LogP contribution is -2.25. The van der Waals surface area contributed by atoms with E-state index in [2.05, 4.69) is 16.9 Å². The summed E-state index contributed by atoms with van der Waals surface area (Å²) in [5.41, 5.74) is 0. The van der Waals surface area contributed by atoms with Gasteiger partial charge in [-0.05, 0) is 6.26 Å². The summed E-state index contributed by atoms with van der Waals surface area (Å²) in [5, 5.41) is 14.3. The molecule has 0 bridgehead atoms. The molecule has 0 spiro atoms. The van der Waals surface area contributed by atoms with Crippen molar-refractivity contribution >= 4 is 11.8 Å². The molecular formula is C7H13N3S. The first-order valence-corrected chi connectivity index (χ1v) is 4.75. The Balaban J connectivity index is 3.55. The molecule has 0 aliphatic rings. The number of nitrogens with one attached hydrogen (secondary N) is 2. The fourth-order valence-corrected chi connectivity index (χ4v) is 0.870. The lowest BCUT2D eigenvalue weighted by molar-refractivity contribution is 0.772. The Morgan fingerprint density at radius 1 is 1.73 bits per heavy atom. The molecule has 0 aromatic carbocycles. The average Bonchev–Trinajstić information content (AvgIpc) is 2.03. The second-order valence-electron chi connectivity index (χ2n) is 1.86. The van der Waals surface area contributed by atoms with Gasteiger partial charge in [-0.1, -0.05) is 0 Å². The quantitative estimate of drug-likeness (QED) is 0.468. The van der Waals surface area contributed by atoms with Crippen molar-refractivity contribution in [1.29, 1.82) is 5.26 Å². The standard InChI is InChI=1S/C7H13N3S/c1-9-7(3-4-8)10-5-6-11-2/h3,9-10H,5-6H2,1-2H3/b7-3+. The van der Waals surface area contributed by atoms with Crippen LogP contribution in [0.15, 0.2) is 11.9 Å². The first kappa shape index (κ1) is 10.2. The predicted octanol–water partition coefficient (Wildman–Crippen LogP) is 0.523. The molecule has 0 unspecified atom stereocenters. The lowest BCUT2D eigenvalue weighted by atomic mass is 10.5. The van der Waals surface area contributed by atoms with Gasteiger partial charge in [-0.2, -0.15) is 17.0 Å². The van der Waals surface area contributed by atoms with Gasteiger partial charge in [-0.15, -0.1) is 0 Å². The Kier molecular flexibility index (Phi) is 6.75. The fourth-order valence-electron chi connectivity index (χ4n) is 0.564. The largest absolute Gasteiger partial charge is 0.374 e. The van der Waals surface area contributed by atoms with Gasteiger partial charge in [0.05, 0.1) is 12.1 Å². The zero-order valence-corrected chi connectivity index (χ0v) is 7.66. The van der Waals surface area contributed by atoms with Crippen LogP contribution in [0.4, 0.5) is 0 Å². The maximum atomic E-state index is 8.31. The van der Waals surface area contributed by atoms with Crippen LogP contribution in [0.25, 0.3) is 0 Å². The molecule has 0 saturated heterocycles. The molecule has 0 radical (unpaired) electrons. The van der Waals surface area contributed by atoms with Crippen LogP contribution in [0.2, 0.25) is 0 Å². The number of hydrogen-bond donors (Lipinski definition) is 2. The van der Waals surface area contributed by atoms with Crippen molar-refractivity contribution in [2.75, 3.05) is 25.6 Å². The molecule has 62 valence electrons. The summed E-state index contributed by atoms with van der Waals surface area (Å²) in [4.78, 5) is 0. The highest BCUT2D eigenvalue weighted by Gasteiger charge is 1.89. The van der Waals surface area contributed by atoms with E-state index in [1.165, 1.54) is 6.08 Å². The van der Waals surface area contributed by atoms with Gasteiger partial charge in [0.2, 0.25) is 0 Å². The average molecular weight is 171 g/mol. The maximum absolute atomic E-state index is 8.31. The van der Waals surface area contributed by atoms with E-state index in [0.29, 0.717) is 0 Å². The number of rotatable bonds is 5. The van der Waals surface area contributed by atoms with Crippen LogP contribution >= 0.6 is 11.8 Å². The van der Waals surface area contributed by atoms with Crippen LogP contribution in [-0.2, 0) is 0 Å². The monoisotopic (exact) mass is 171 g/mol. The van der Waals surface area contributed by atoms with Crippen molar-refractivity contribution < 1.29 is 0 Å². The third-order valence-electron chi connectivity index (χ3n) is 1.10. The van der Waals surface area contributed by atoms with E-state index < -0.39 is 0 Å². The van der Waals surface area contributed by atoms with Gasteiger partial charge in [0.1, 0.15) is 5.82 Å². The summed E-state index contributed by atoms with van der Waals surface area (Å²) < 4.78 is 0. The summed E-state index contributed by atoms with van der Waals surface area (Å²) in [6.45, 7) is 0.884. The molecule has 11 heavy (non-hydrogen) atoms. The lowest BCUT2D eigenvalue weighted by Gasteiger charge is -2.07. The van der Waals surface area contributed by atoms with E-state index in [1.54, 1.807) is 18.8 Å². The number of nitrogens with zero attached hydrogens (tertiary/aromatic N) is 1. The summed E-state index contributed by atoms with van der Waals surface area (Å²) in [7, 11) is 1.79. The topological polar surface area (TPSA) is 47.9 Å². The first-order valence-electron chi connectivity index (χ1n) is 3.35. The molecule has 0 fully saturated rings. The van der Waals surface area contributed by atoms with E-state index in [4.69, 9.17) is 5.26 Å². The molecule has 0 heterocycles. The molecule has 4 heteroatoms. The zero-order chi connectivity index (χ0) is 8.53. The molecule has 0 aliphatic heterocycles. The fraction of sp³-hybridized carbons (Fsp3) is 0.571. The van der Waals surface area contributed by atoms with Crippen molar-refractivity contribution in [3.8, 4) is 6.07 Å². The number of nitriles is 1. The summed E-state index contributed by atoms with van der Waals surface area (Å²) in [6.07, 6.45) is 3.51. The van der Waals surface area contributed by atoms with E-state index in [0.717, 1.165) is 18.1 Å². The van der Waals surface area contributed by atoms with Gasteiger partial charge in [0.15, 0.2) is 0 Å². The van der Waals surface area contributed by atoms with Crippen molar-refractivity contribution in [2.24, 2.45) is 0 Å². The Hall–Kier alpha value is -0.820. The maximum Gasteiger partial charge on any atom is 0.109 e. The molecule has 0 amide bonds. The summed E-state index contributed by atoms with van der Waals surface area (Å²) >= 11 is 1.77. The molecule has 0 rings (SSSR count). The van der Waals surface area contributed by atoms with E-state index in [9.17, 15) is 0 Å². The first-order chi connectivity index (χ1) is 5.35. The highest BCUT2D eigenvalue weighted by molar-refractivity contribution is 7.98. The molecule has 0 saturated carbocycles. The third-order valence-corrected chi connectivity index (χ3v) is 1.71. The predicted molar refractivity (Wildman–Crippen MR) is 49.1 cm³/mol. The van der Waals surface area contributed by atoms with Crippen LogP contribution in [0.1, 0.15) is 0 Å². The van der Waals surface area contributed by atoms with Crippen LogP contribution < -0.4 is 10.6 Å². The Morgan fingerprint density at radius 2 is 2.45 bits per heavy atom. The van der Waals surface area contributed by atoms with Crippen molar-refractivity contribution in [2.45, 2.75) is 0 Å². The van der Waals surface area contributed by atoms with E-state index in [1.807, 2.05) is 6.07 Å². The Morgan fingerprint density at radius 3 is 2.91 bits per heavy atom. The minimum Gasteiger partial charge on any atom is -0.374 e. The van der Waals surface area contributed by atoms with Crippen LogP contribution in [0, 0.1) is 11.3 Å². The second kappa shape index (κ2) is 7.29. The highest BCUT2D eigenvalue weighted by Crippen LogP contribution is 1.88. The summed E-state index contributed by atoms with van der Waals surface area (Å²) in [5.74, 6) is 1.83. The third kappa shape index (κ3) is 5.62. The number of allylic oxidation sites excluding steroid dienone is 1. The smallest absolute Gasteiger partial charge is 0.109 e. The van der Waals surface area contributed by atoms with Gasteiger partial charge < -0.3 is 10.6 Å². The zero-order valence-electron chi connectivity index (χ0n) is 6.85. The number of hydrogen-bond acceptors (Lipinski definition) is 4. The minimum atomic E-state index is 0.779. The van der Waals surface area contributed by atoms with Gasteiger partial charge in [-0.25, -0.2) is 0 Å². The molecule has 0 aliphatic carbocycles. The van der Waals surface area contributed by atoms with E-state index in [-0.39, 0.29) is 0 Å². The highest BCUT2D eigenvalue weighted by atomic mass is 32.2. The van der Waals surface area contributed by atoms with E-state index >= 15 is 0 Å². The van der Waals surface area contributed by atoms with Gasteiger partial charge in [0, 0.05) is 19.3 Å². The number of thioether (sulfide) groups is 1. The Bertz CT molecular complexity index is 160. The second-order valence-corrected chi connectivity index (χ2v) is 2.84. The van der Waals surface area contributed by atoms with Gasteiger partial charge in [0.25, 0.3) is 0 Å². The summed E-state index contributed by atoms with van der Waals surface area (Å²) in [6, 6.07) is 1.95. The molecule has 0 aromatic rings. The normalized spacial score (nSPS) is 10.5. The van der Waals surface area contributed by atoms with Crippen molar-refractivity contribution in [3.05, 3.63) is 11.9 Å². The Labute approximate surface area is 71.9 Å². The molecular weight excluding hydrogens is 158 g/mol. The van der Waals surface area contributed by atoms with Crippen molar-refractivity contribution in [1.82, 2.24) is 10.6 Å². The molecule has 2 N–H and O–H groups in total. The molecule has 0 atom stereocenters. The van der Waals surface area contributed by atoms with Crippen molar-refractivity contribution in [3.63, 3.8) is 0 Å². The molecule has 0 aromatic heterocycles. The van der Waals surface area contributed by atoms with Crippen LogP contribution in [0.3, 0.4) is 0 Å². The minimum absolute atomic E-state index is 0.779. The van der Waals surface area contributed by atoms with Gasteiger partial charge >= 0.3 is 0 Å².